The number of aromatic amines is 1. The molecule has 3 aromatic heterocycles. The zero-order chi connectivity index (χ0) is 14.7. The summed E-state index contributed by atoms with van der Waals surface area (Å²) in [6, 6.07) is 1.75. The second kappa shape index (κ2) is 5.74. The smallest absolute Gasteiger partial charge is 0.252 e. The predicted octanol–water partition coefficient (Wildman–Crippen LogP) is 1.05. The van der Waals surface area contributed by atoms with Crippen molar-refractivity contribution < 1.29 is 4.79 Å². The third-order valence-corrected chi connectivity index (χ3v) is 3.24. The molecule has 108 valence electrons. The average Bonchev–Trinajstić information content (AvgIpc) is 3.13. The van der Waals surface area contributed by atoms with Crippen LogP contribution in [0.25, 0.3) is 11.2 Å². The number of hydrogen-bond acceptors (Lipinski definition) is 4. The maximum Gasteiger partial charge on any atom is 0.252 e. The van der Waals surface area contributed by atoms with Crippen LogP contribution in [0.4, 0.5) is 0 Å². The van der Waals surface area contributed by atoms with Crippen molar-refractivity contribution in [3.05, 3.63) is 42.4 Å². The molecule has 0 aromatic carbocycles. The lowest BCUT2D eigenvalue weighted by atomic mass is 10.2. The van der Waals surface area contributed by atoms with Gasteiger partial charge in [0, 0.05) is 38.6 Å². The number of H-pyrrole nitrogens is 1. The summed E-state index contributed by atoms with van der Waals surface area (Å²) < 4.78 is 1.82. The van der Waals surface area contributed by atoms with Gasteiger partial charge in [0.1, 0.15) is 11.3 Å². The van der Waals surface area contributed by atoms with Gasteiger partial charge in [-0.05, 0) is 12.5 Å². The first-order chi connectivity index (χ1) is 10.2. The predicted molar refractivity (Wildman–Crippen MR) is 77.8 cm³/mol. The fourth-order valence-electron chi connectivity index (χ4n) is 2.13. The number of aromatic nitrogens is 5. The average molecular weight is 284 g/mol. The number of aryl methyl sites for hydroxylation is 2. The van der Waals surface area contributed by atoms with E-state index < -0.39 is 0 Å². The lowest BCUT2D eigenvalue weighted by Crippen LogP contribution is -2.25. The summed E-state index contributed by atoms with van der Waals surface area (Å²) in [6.45, 7) is 0.597. The maximum absolute atomic E-state index is 12.0. The highest BCUT2D eigenvalue weighted by atomic mass is 16.1. The van der Waals surface area contributed by atoms with E-state index in [1.807, 2.05) is 11.6 Å². The number of fused-ring (bicyclic) bond motifs is 1. The van der Waals surface area contributed by atoms with Gasteiger partial charge < -0.3 is 14.9 Å². The number of nitrogens with one attached hydrogen (secondary N) is 2. The van der Waals surface area contributed by atoms with E-state index >= 15 is 0 Å². The largest absolute Gasteiger partial charge is 0.352 e. The molecule has 7 heteroatoms. The minimum absolute atomic E-state index is 0.130. The van der Waals surface area contributed by atoms with Crippen LogP contribution in [0.3, 0.4) is 0 Å². The van der Waals surface area contributed by atoms with Crippen molar-refractivity contribution in [1.82, 2.24) is 29.8 Å². The molecule has 0 saturated carbocycles. The summed E-state index contributed by atoms with van der Waals surface area (Å²) in [6.07, 6.45) is 8.42. The number of hydrogen-bond donors (Lipinski definition) is 2. The number of rotatable bonds is 5. The second-order valence-electron chi connectivity index (χ2n) is 4.82. The van der Waals surface area contributed by atoms with Crippen molar-refractivity contribution in [1.29, 1.82) is 0 Å². The quantitative estimate of drug-likeness (QED) is 0.685. The van der Waals surface area contributed by atoms with Crippen LogP contribution in [0, 0.1) is 0 Å². The van der Waals surface area contributed by atoms with E-state index in [-0.39, 0.29) is 5.91 Å². The van der Waals surface area contributed by atoms with Gasteiger partial charge in [0.25, 0.3) is 5.91 Å². The molecule has 1 amide bonds. The zero-order valence-corrected chi connectivity index (χ0v) is 11.7. The Hall–Kier alpha value is -2.70. The van der Waals surface area contributed by atoms with Crippen LogP contribution in [0.5, 0.6) is 0 Å². The van der Waals surface area contributed by atoms with Gasteiger partial charge in [0.2, 0.25) is 0 Å². The normalized spacial score (nSPS) is 10.9. The van der Waals surface area contributed by atoms with Crippen LogP contribution in [0.15, 0.2) is 31.0 Å². The fourth-order valence-corrected chi connectivity index (χ4v) is 2.13. The first-order valence-electron chi connectivity index (χ1n) is 6.77. The van der Waals surface area contributed by atoms with Gasteiger partial charge in [-0.1, -0.05) is 0 Å². The van der Waals surface area contributed by atoms with Crippen molar-refractivity contribution in [3.8, 4) is 0 Å². The van der Waals surface area contributed by atoms with E-state index in [1.54, 1.807) is 31.0 Å². The van der Waals surface area contributed by atoms with E-state index in [4.69, 9.17) is 0 Å². The Morgan fingerprint density at radius 3 is 3.10 bits per heavy atom. The van der Waals surface area contributed by atoms with Gasteiger partial charge in [-0.2, -0.15) is 0 Å². The highest BCUT2D eigenvalue weighted by Crippen LogP contribution is 2.10. The van der Waals surface area contributed by atoms with Gasteiger partial charge in [-0.3, -0.25) is 4.79 Å². The zero-order valence-electron chi connectivity index (χ0n) is 11.7. The molecule has 21 heavy (non-hydrogen) atoms. The number of carbonyl (C=O) groups is 1. The Balaban J connectivity index is 1.56. The van der Waals surface area contributed by atoms with Crippen molar-refractivity contribution >= 4 is 17.1 Å². The topological polar surface area (TPSA) is 88.5 Å². The van der Waals surface area contributed by atoms with Gasteiger partial charge in [-0.15, -0.1) is 0 Å². The number of amides is 1. The van der Waals surface area contributed by atoms with E-state index in [2.05, 4.69) is 25.3 Å². The molecular weight excluding hydrogens is 268 g/mol. The summed E-state index contributed by atoms with van der Waals surface area (Å²) in [5, 5.41) is 2.88. The van der Waals surface area contributed by atoms with Crippen LogP contribution in [0.1, 0.15) is 22.6 Å². The fraction of sp³-hybridized carbons (Fsp3) is 0.286. The lowest BCUT2D eigenvalue weighted by Gasteiger charge is -2.04. The van der Waals surface area contributed by atoms with Crippen molar-refractivity contribution in [2.75, 3.05) is 6.54 Å². The molecule has 0 atom stereocenters. The highest BCUT2D eigenvalue weighted by molar-refractivity contribution is 5.96. The van der Waals surface area contributed by atoms with Crippen molar-refractivity contribution in [2.45, 2.75) is 12.8 Å². The molecule has 0 fully saturated rings. The molecule has 3 aromatic rings. The van der Waals surface area contributed by atoms with E-state index in [0.29, 0.717) is 12.1 Å². The van der Waals surface area contributed by atoms with E-state index in [0.717, 1.165) is 29.8 Å². The maximum atomic E-state index is 12.0. The molecule has 0 aliphatic rings. The summed E-state index contributed by atoms with van der Waals surface area (Å²) >= 11 is 0. The van der Waals surface area contributed by atoms with Crippen molar-refractivity contribution in [2.24, 2.45) is 7.05 Å². The van der Waals surface area contributed by atoms with Gasteiger partial charge >= 0.3 is 0 Å². The molecule has 0 bridgehead atoms. The van der Waals surface area contributed by atoms with Crippen LogP contribution in [-0.4, -0.2) is 37.0 Å². The van der Waals surface area contributed by atoms with Gasteiger partial charge in [-0.25, -0.2) is 15.0 Å². The number of nitrogens with zero attached hydrogens (tertiary/aromatic N) is 4. The number of pyridine rings is 1. The Morgan fingerprint density at radius 2 is 2.29 bits per heavy atom. The minimum Gasteiger partial charge on any atom is -0.352 e. The summed E-state index contributed by atoms with van der Waals surface area (Å²) in [4.78, 5) is 27.7. The Labute approximate surface area is 121 Å². The highest BCUT2D eigenvalue weighted by Gasteiger charge is 2.09. The SMILES string of the molecule is Cn1cnc2cc(C(=O)NCCCc3ncc[nH]3)cnc21. The molecule has 3 rings (SSSR count). The van der Waals surface area contributed by atoms with Gasteiger partial charge in [0.15, 0.2) is 5.65 Å². The molecule has 0 saturated heterocycles. The van der Waals surface area contributed by atoms with E-state index in [1.165, 1.54) is 0 Å². The third-order valence-electron chi connectivity index (χ3n) is 3.24. The van der Waals surface area contributed by atoms with E-state index in [9.17, 15) is 4.79 Å². The summed E-state index contributed by atoms with van der Waals surface area (Å²) in [5.74, 6) is 0.801. The van der Waals surface area contributed by atoms with Crippen molar-refractivity contribution in [3.63, 3.8) is 0 Å². The first kappa shape index (κ1) is 13.3. The molecule has 2 N–H and O–H groups in total. The summed E-state index contributed by atoms with van der Waals surface area (Å²) in [7, 11) is 1.87. The molecule has 7 nitrogen and oxygen atoms in total. The molecule has 0 spiro atoms. The Bertz CT molecular complexity index is 746. The van der Waals surface area contributed by atoms with Crippen LogP contribution in [0.2, 0.25) is 0 Å². The van der Waals surface area contributed by atoms with Crippen LogP contribution < -0.4 is 5.32 Å². The summed E-state index contributed by atoms with van der Waals surface area (Å²) in [5.41, 5.74) is 2.02. The third kappa shape index (κ3) is 2.91. The first-order valence-corrected chi connectivity index (χ1v) is 6.77. The molecule has 3 heterocycles. The Morgan fingerprint density at radius 1 is 1.38 bits per heavy atom. The van der Waals surface area contributed by atoms with Crippen LogP contribution in [-0.2, 0) is 13.5 Å². The molecule has 0 unspecified atom stereocenters. The van der Waals surface area contributed by atoms with Crippen LogP contribution >= 0.6 is 0 Å². The number of carbonyl (C=O) groups excluding carboxylic acids is 1. The molecular formula is C14H16N6O. The molecule has 0 aliphatic carbocycles. The lowest BCUT2D eigenvalue weighted by molar-refractivity contribution is 0.0953. The monoisotopic (exact) mass is 284 g/mol. The minimum atomic E-state index is -0.130. The Kier molecular flexibility index (Phi) is 3.63. The number of imidazole rings is 2. The molecule has 0 radical (unpaired) electrons. The second-order valence-corrected chi connectivity index (χ2v) is 4.82. The standard InChI is InChI=1S/C14H16N6O/c1-20-9-19-11-7-10(8-18-13(11)20)14(21)17-4-2-3-12-15-5-6-16-12/h5-9H,2-4H2,1H3,(H,15,16)(H,17,21). The molecule has 0 aliphatic heterocycles. The van der Waals surface area contributed by atoms with Gasteiger partial charge in [0.05, 0.1) is 11.9 Å².